The molecule has 0 spiro atoms. The maximum atomic E-state index is 13.0. The summed E-state index contributed by atoms with van der Waals surface area (Å²) in [6.07, 6.45) is 7.33. The molecule has 0 saturated heterocycles. The van der Waals surface area contributed by atoms with Gasteiger partial charge in [0.1, 0.15) is 6.61 Å². The second kappa shape index (κ2) is 11.2. The first-order chi connectivity index (χ1) is 13.5. The van der Waals surface area contributed by atoms with Crippen LogP contribution in [0.1, 0.15) is 58.8 Å². The van der Waals surface area contributed by atoms with Crippen LogP contribution < -0.4 is 11.2 Å². The number of nitrogens with zero attached hydrogens (tertiary/aromatic N) is 4. The molecule has 2 rings (SSSR count). The van der Waals surface area contributed by atoms with Gasteiger partial charge < -0.3 is 4.57 Å². The number of aryl methyl sites for hydroxylation is 2. The molecule has 2 heterocycles. The highest BCUT2D eigenvalue weighted by atomic mass is 31.1. The zero-order valence-electron chi connectivity index (χ0n) is 16.7. The molecule has 2 aromatic rings. The van der Waals surface area contributed by atoms with E-state index in [0.717, 1.165) is 38.5 Å². The van der Waals surface area contributed by atoms with Crippen LogP contribution in [0, 0.1) is 0 Å². The Morgan fingerprint density at radius 1 is 1.00 bits per heavy atom. The van der Waals surface area contributed by atoms with Crippen molar-refractivity contribution in [3.63, 3.8) is 0 Å². The number of hydrogen-bond acceptors (Lipinski definition) is 5. The molecular weight excluding hydrogens is 383 g/mol. The molecule has 1 unspecified atom stereocenters. The Hall–Kier alpha value is -1.83. The smallest absolute Gasteiger partial charge is 0.325 e. The predicted molar refractivity (Wildman–Crippen MR) is 108 cm³/mol. The maximum Gasteiger partial charge on any atom is 0.694 e. The molecule has 0 radical (unpaired) electrons. The lowest BCUT2D eigenvalue weighted by atomic mass is 10.2. The number of fused-ring (bicyclic) bond motifs is 1. The average Bonchev–Trinajstić information content (AvgIpc) is 3.08. The Labute approximate surface area is 164 Å². The van der Waals surface area contributed by atoms with Crippen molar-refractivity contribution in [2.45, 2.75) is 78.4 Å². The molecule has 0 aliphatic carbocycles. The van der Waals surface area contributed by atoms with Crippen LogP contribution in [0.3, 0.4) is 0 Å². The molecule has 156 valence electrons. The first-order valence-electron chi connectivity index (χ1n) is 9.98. The lowest BCUT2D eigenvalue weighted by molar-refractivity contribution is 0.273. The molecule has 28 heavy (non-hydrogen) atoms. The first-order valence-corrected chi connectivity index (χ1v) is 11.1. The van der Waals surface area contributed by atoms with Gasteiger partial charge in [-0.2, -0.15) is 0 Å². The molecule has 0 bridgehead atoms. The lowest BCUT2D eigenvalue weighted by Gasteiger charge is -2.12. The van der Waals surface area contributed by atoms with Crippen LogP contribution in [0.5, 0.6) is 0 Å². The topological polar surface area (TPSA) is 108 Å². The van der Waals surface area contributed by atoms with Crippen LogP contribution in [0.4, 0.5) is 0 Å². The quantitative estimate of drug-likeness (QED) is 0.400. The highest BCUT2D eigenvalue weighted by molar-refractivity contribution is 7.32. The minimum atomic E-state index is -2.55. The van der Waals surface area contributed by atoms with E-state index in [-0.39, 0.29) is 17.9 Å². The van der Waals surface area contributed by atoms with E-state index in [0.29, 0.717) is 37.2 Å². The van der Waals surface area contributed by atoms with Gasteiger partial charge in [-0.25, -0.2) is 9.78 Å². The molecule has 0 aliphatic rings. The van der Waals surface area contributed by atoms with Crippen LogP contribution >= 0.6 is 8.25 Å². The highest BCUT2D eigenvalue weighted by Crippen LogP contribution is 2.15. The first kappa shape index (κ1) is 22.5. The molecule has 10 heteroatoms. The van der Waals surface area contributed by atoms with Gasteiger partial charge in [0.25, 0.3) is 5.56 Å². The van der Waals surface area contributed by atoms with Crippen LogP contribution in [-0.4, -0.2) is 30.2 Å². The average molecular weight is 413 g/mol. The van der Waals surface area contributed by atoms with E-state index >= 15 is 0 Å². The molecule has 9 nitrogen and oxygen atoms in total. The number of imidazole rings is 1. The van der Waals surface area contributed by atoms with Crippen molar-refractivity contribution in [1.82, 2.24) is 18.7 Å². The van der Waals surface area contributed by atoms with Gasteiger partial charge >= 0.3 is 13.9 Å². The van der Waals surface area contributed by atoms with E-state index in [1.54, 1.807) is 10.9 Å². The van der Waals surface area contributed by atoms with Crippen molar-refractivity contribution in [3.05, 3.63) is 27.2 Å². The number of unbranched alkanes of at least 4 members (excludes halogenated alkanes) is 4. The van der Waals surface area contributed by atoms with Gasteiger partial charge in [-0.1, -0.05) is 26.7 Å². The second-order valence-electron chi connectivity index (χ2n) is 6.84. The maximum absolute atomic E-state index is 13.0. The lowest BCUT2D eigenvalue weighted by Crippen LogP contribution is -2.40. The number of rotatable bonds is 13. The van der Waals surface area contributed by atoms with Gasteiger partial charge in [0.2, 0.25) is 0 Å². The summed E-state index contributed by atoms with van der Waals surface area (Å²) in [6, 6.07) is 0. The molecule has 0 saturated carbocycles. The third kappa shape index (κ3) is 5.59. The minimum absolute atomic E-state index is 0.233. The summed E-state index contributed by atoms with van der Waals surface area (Å²) in [6.45, 7) is 5.88. The highest BCUT2D eigenvalue weighted by Gasteiger charge is 2.17. The van der Waals surface area contributed by atoms with E-state index in [1.807, 2.05) is 11.5 Å². The summed E-state index contributed by atoms with van der Waals surface area (Å²) in [5.74, 6) is 0. The molecule has 0 aromatic carbocycles. The Balaban J connectivity index is 2.26. The van der Waals surface area contributed by atoms with Gasteiger partial charge in [-0.3, -0.25) is 13.9 Å². The Morgan fingerprint density at radius 3 is 2.32 bits per heavy atom. The summed E-state index contributed by atoms with van der Waals surface area (Å²) >= 11 is 0. The number of aromatic nitrogens is 4. The van der Waals surface area contributed by atoms with Crippen LogP contribution in [0.25, 0.3) is 11.2 Å². The minimum Gasteiger partial charge on any atom is -0.325 e. The van der Waals surface area contributed by atoms with Crippen molar-refractivity contribution in [2.24, 2.45) is 0 Å². The van der Waals surface area contributed by atoms with E-state index in [4.69, 9.17) is 4.89 Å². The van der Waals surface area contributed by atoms with Crippen molar-refractivity contribution in [3.8, 4) is 0 Å². The summed E-state index contributed by atoms with van der Waals surface area (Å²) in [4.78, 5) is 38.8. The summed E-state index contributed by atoms with van der Waals surface area (Å²) in [5, 5.41) is 0. The van der Waals surface area contributed by atoms with E-state index in [2.05, 4.69) is 16.4 Å². The largest absolute Gasteiger partial charge is 0.694 e. The normalized spacial score (nSPS) is 12.0. The van der Waals surface area contributed by atoms with Gasteiger partial charge in [-0.15, -0.1) is 9.42 Å². The summed E-state index contributed by atoms with van der Waals surface area (Å²) in [5.41, 5.74) is 0.373. The monoisotopic (exact) mass is 413 g/mol. The fourth-order valence-corrected chi connectivity index (χ4v) is 3.43. The van der Waals surface area contributed by atoms with Crippen molar-refractivity contribution >= 4 is 19.4 Å². The zero-order valence-corrected chi connectivity index (χ0v) is 17.6. The van der Waals surface area contributed by atoms with Crippen LogP contribution in [0.15, 0.2) is 15.9 Å². The fourth-order valence-electron chi connectivity index (χ4n) is 3.14. The fraction of sp³-hybridized carbons (Fsp3) is 0.722. The molecule has 2 aromatic heterocycles. The number of hydrogen-bond donors (Lipinski definition) is 1. The van der Waals surface area contributed by atoms with E-state index in [9.17, 15) is 14.2 Å². The molecular formula is C18H30N4O5P+. The van der Waals surface area contributed by atoms with E-state index < -0.39 is 8.25 Å². The Morgan fingerprint density at radius 2 is 1.68 bits per heavy atom. The third-order valence-corrected chi connectivity index (χ3v) is 5.10. The second-order valence-corrected chi connectivity index (χ2v) is 7.57. The summed E-state index contributed by atoms with van der Waals surface area (Å²) < 4.78 is 19.9. The third-order valence-electron chi connectivity index (χ3n) is 4.70. The summed E-state index contributed by atoms with van der Waals surface area (Å²) in [7, 11) is -2.55. The van der Waals surface area contributed by atoms with Crippen molar-refractivity contribution in [1.29, 1.82) is 0 Å². The standard InChI is InChI=1S/C18H29N4O5P/c1-3-5-11-21-16-15(17(23)22(18(21)24)12-6-4-2)20(14-19-16)10-8-7-9-13-27-28(25)26/h14H,3-13H2,1-2H3/p+1. The van der Waals surface area contributed by atoms with Crippen molar-refractivity contribution in [2.75, 3.05) is 6.61 Å². The Bertz CT molecular complexity index is 902. The van der Waals surface area contributed by atoms with Gasteiger partial charge in [0.15, 0.2) is 11.2 Å². The zero-order chi connectivity index (χ0) is 20.5. The Kier molecular flexibility index (Phi) is 9.02. The molecule has 1 N–H and O–H groups in total. The molecule has 0 fully saturated rings. The molecule has 1 atom stereocenters. The van der Waals surface area contributed by atoms with Crippen LogP contribution in [0.2, 0.25) is 0 Å². The van der Waals surface area contributed by atoms with Crippen LogP contribution in [-0.2, 0) is 28.7 Å². The van der Waals surface area contributed by atoms with Crippen molar-refractivity contribution < 1.29 is 14.0 Å². The van der Waals surface area contributed by atoms with E-state index in [1.165, 1.54) is 4.57 Å². The predicted octanol–water partition coefficient (Wildman–Crippen LogP) is 2.80. The molecule has 0 amide bonds. The van der Waals surface area contributed by atoms with Gasteiger partial charge in [-0.05, 0) is 32.1 Å². The van der Waals surface area contributed by atoms with Gasteiger partial charge in [0, 0.05) is 24.2 Å². The molecule has 0 aliphatic heterocycles. The van der Waals surface area contributed by atoms with Gasteiger partial charge in [0.05, 0.1) is 6.33 Å². The SMILES string of the molecule is CCCCn1c(=O)c2c(ncn2CCCCCO[P+](=O)O)n(CCCC)c1=O.